The molecule has 0 saturated heterocycles. The van der Waals surface area contributed by atoms with Gasteiger partial charge in [-0.05, 0) is 48.6 Å². The van der Waals surface area contributed by atoms with E-state index in [0.717, 1.165) is 5.69 Å². The number of carbonyl (C=O) groups is 2. The van der Waals surface area contributed by atoms with E-state index in [-0.39, 0.29) is 17.5 Å². The molecule has 0 bridgehead atoms. The number of aromatic amines is 1. The van der Waals surface area contributed by atoms with Gasteiger partial charge in [0.2, 0.25) is 5.91 Å². The Kier molecular flexibility index (Phi) is 5.97. The van der Waals surface area contributed by atoms with Crippen LogP contribution >= 0.6 is 0 Å². The molecule has 1 aliphatic carbocycles. The van der Waals surface area contributed by atoms with Crippen LogP contribution in [0.2, 0.25) is 0 Å². The molecule has 1 aromatic carbocycles. The molecule has 31 heavy (non-hydrogen) atoms. The number of hydrogen-bond acceptors (Lipinski definition) is 4. The van der Waals surface area contributed by atoms with E-state index in [9.17, 15) is 14.4 Å². The van der Waals surface area contributed by atoms with Crippen LogP contribution in [-0.4, -0.2) is 26.6 Å². The summed E-state index contributed by atoms with van der Waals surface area (Å²) in [5.41, 5.74) is 2.14. The Bertz CT molecular complexity index is 1120. The van der Waals surface area contributed by atoms with Gasteiger partial charge in [-0.15, -0.1) is 0 Å². The highest BCUT2D eigenvalue weighted by molar-refractivity contribution is 6.04. The predicted molar refractivity (Wildman–Crippen MR) is 119 cm³/mol. The third-order valence-corrected chi connectivity index (χ3v) is 5.57. The van der Waals surface area contributed by atoms with Crippen LogP contribution < -0.4 is 16.2 Å². The first kappa shape index (κ1) is 20.6. The number of amides is 2. The molecule has 3 N–H and O–H groups in total. The first-order valence-electron chi connectivity index (χ1n) is 10.5. The van der Waals surface area contributed by atoms with Crippen LogP contribution in [0.1, 0.15) is 60.9 Å². The second-order valence-corrected chi connectivity index (χ2v) is 7.83. The first-order valence-corrected chi connectivity index (χ1v) is 10.5. The second-order valence-electron chi connectivity index (χ2n) is 7.83. The maximum atomic E-state index is 12.6. The molecule has 160 valence electrons. The Morgan fingerprint density at radius 1 is 1.03 bits per heavy atom. The average molecular weight is 419 g/mol. The van der Waals surface area contributed by atoms with Gasteiger partial charge in [0.1, 0.15) is 5.69 Å². The minimum atomic E-state index is -0.432. The normalized spacial score (nSPS) is 14.2. The maximum absolute atomic E-state index is 12.6. The first-order chi connectivity index (χ1) is 15.0. The number of nitrogens with one attached hydrogen (secondary N) is 3. The number of pyridine rings is 1. The van der Waals surface area contributed by atoms with Gasteiger partial charge >= 0.3 is 0 Å². The molecule has 8 nitrogen and oxygen atoms in total. The molecular weight excluding hydrogens is 394 g/mol. The molecule has 0 radical (unpaired) electrons. The van der Waals surface area contributed by atoms with Crippen molar-refractivity contribution in [2.24, 2.45) is 0 Å². The quantitative estimate of drug-likeness (QED) is 0.584. The van der Waals surface area contributed by atoms with Crippen LogP contribution in [0, 0.1) is 0 Å². The van der Waals surface area contributed by atoms with Gasteiger partial charge < -0.3 is 10.6 Å². The Hall–Kier alpha value is -3.68. The summed E-state index contributed by atoms with van der Waals surface area (Å²) in [6.07, 6.45) is 9.17. The van der Waals surface area contributed by atoms with Gasteiger partial charge in [0.05, 0.1) is 5.56 Å². The van der Waals surface area contributed by atoms with Crippen molar-refractivity contribution in [2.75, 3.05) is 10.6 Å². The lowest BCUT2D eigenvalue weighted by molar-refractivity contribution is -0.114. The topological polar surface area (TPSA) is 109 Å². The van der Waals surface area contributed by atoms with Crippen molar-refractivity contribution in [2.45, 2.75) is 44.9 Å². The fourth-order valence-electron chi connectivity index (χ4n) is 3.95. The Morgan fingerprint density at radius 3 is 2.42 bits per heavy atom. The highest BCUT2D eigenvalue weighted by atomic mass is 16.2. The molecule has 3 aromatic rings. The largest absolute Gasteiger partial charge is 0.322 e. The van der Waals surface area contributed by atoms with E-state index in [0.29, 0.717) is 17.3 Å². The van der Waals surface area contributed by atoms with Crippen LogP contribution in [0.15, 0.2) is 53.6 Å². The van der Waals surface area contributed by atoms with Gasteiger partial charge in [0.15, 0.2) is 5.82 Å². The van der Waals surface area contributed by atoms with Crippen LogP contribution in [0.4, 0.5) is 11.4 Å². The molecule has 4 rings (SSSR count). The summed E-state index contributed by atoms with van der Waals surface area (Å²) in [7, 11) is 0. The highest BCUT2D eigenvalue weighted by Crippen LogP contribution is 2.33. The van der Waals surface area contributed by atoms with Crippen molar-refractivity contribution >= 4 is 23.2 Å². The third kappa shape index (κ3) is 4.74. The molecule has 0 unspecified atom stereocenters. The molecule has 0 aliphatic heterocycles. The Morgan fingerprint density at radius 2 is 1.77 bits per heavy atom. The number of hydrogen-bond donors (Lipinski definition) is 3. The van der Waals surface area contributed by atoms with Crippen molar-refractivity contribution in [1.82, 2.24) is 14.8 Å². The van der Waals surface area contributed by atoms with E-state index in [4.69, 9.17) is 0 Å². The lowest BCUT2D eigenvalue weighted by Gasteiger charge is -2.22. The monoisotopic (exact) mass is 419 g/mol. The summed E-state index contributed by atoms with van der Waals surface area (Å²) in [6, 6.07) is 11.2. The summed E-state index contributed by atoms with van der Waals surface area (Å²) in [6.45, 7) is 1.33. The smallest absolute Gasteiger partial charge is 0.296 e. The zero-order valence-corrected chi connectivity index (χ0v) is 17.4. The van der Waals surface area contributed by atoms with E-state index >= 15 is 0 Å². The predicted octanol–water partition coefficient (Wildman–Crippen LogP) is 3.82. The molecule has 1 fully saturated rings. The van der Waals surface area contributed by atoms with Crippen LogP contribution in [0.3, 0.4) is 0 Å². The molecule has 2 aromatic heterocycles. The van der Waals surface area contributed by atoms with E-state index in [1.807, 2.05) is 12.1 Å². The summed E-state index contributed by atoms with van der Waals surface area (Å²) in [4.78, 5) is 40.2. The van der Waals surface area contributed by atoms with Crippen molar-refractivity contribution in [1.29, 1.82) is 0 Å². The average Bonchev–Trinajstić information content (AvgIpc) is 3.14. The molecule has 2 heterocycles. The lowest BCUT2D eigenvalue weighted by atomic mass is 9.84. The van der Waals surface area contributed by atoms with Crippen molar-refractivity contribution < 1.29 is 9.59 Å². The van der Waals surface area contributed by atoms with Crippen molar-refractivity contribution in [3.05, 3.63) is 70.3 Å². The number of benzene rings is 1. The molecule has 0 atom stereocenters. The Balaban J connectivity index is 1.42. The third-order valence-electron chi connectivity index (χ3n) is 5.57. The van der Waals surface area contributed by atoms with Crippen LogP contribution in [0.5, 0.6) is 0 Å². The molecule has 8 heteroatoms. The number of H-pyrrole nitrogens is 1. The Labute approximate surface area is 179 Å². The van der Waals surface area contributed by atoms with Gasteiger partial charge in [-0.1, -0.05) is 31.4 Å². The van der Waals surface area contributed by atoms with E-state index < -0.39 is 5.56 Å². The molecule has 1 saturated carbocycles. The van der Waals surface area contributed by atoms with Crippen LogP contribution in [-0.2, 0) is 4.79 Å². The van der Waals surface area contributed by atoms with Gasteiger partial charge in [-0.3, -0.25) is 19.5 Å². The number of nitrogens with zero attached hydrogens (tertiary/aromatic N) is 2. The SMILES string of the molecule is CC(=O)Nc1c[nH]n(-c2ccc(C(=O)Nc3ccc(C4CCCCC4)cc3)cn2)c1=O. The number of aromatic nitrogens is 3. The van der Waals surface area contributed by atoms with E-state index in [2.05, 4.69) is 32.8 Å². The fourth-order valence-corrected chi connectivity index (χ4v) is 3.95. The summed E-state index contributed by atoms with van der Waals surface area (Å²) >= 11 is 0. The maximum Gasteiger partial charge on any atom is 0.296 e. The zero-order valence-electron chi connectivity index (χ0n) is 17.4. The van der Waals surface area contributed by atoms with E-state index in [1.165, 1.54) is 61.7 Å². The minimum Gasteiger partial charge on any atom is -0.322 e. The molecule has 2 amide bonds. The highest BCUT2D eigenvalue weighted by Gasteiger charge is 2.16. The van der Waals surface area contributed by atoms with Gasteiger partial charge in [0, 0.05) is 25.0 Å². The molecule has 0 spiro atoms. The lowest BCUT2D eigenvalue weighted by Crippen LogP contribution is -2.20. The van der Waals surface area contributed by atoms with Crippen molar-refractivity contribution in [3.8, 4) is 5.82 Å². The van der Waals surface area contributed by atoms with Gasteiger partial charge in [0.25, 0.3) is 11.5 Å². The van der Waals surface area contributed by atoms with Crippen molar-refractivity contribution in [3.63, 3.8) is 0 Å². The summed E-state index contributed by atoms with van der Waals surface area (Å²) in [5.74, 6) is 0.324. The number of rotatable bonds is 5. The van der Waals surface area contributed by atoms with Gasteiger partial charge in [-0.2, -0.15) is 4.68 Å². The number of carbonyl (C=O) groups excluding carboxylic acids is 2. The standard InChI is InChI=1S/C23H25N5O3/c1-15(29)26-20-14-25-28(23(20)31)21-12-9-18(13-24-21)22(30)27-19-10-7-17(8-11-19)16-5-3-2-4-6-16/h7-14,16,25H,2-6H2,1H3,(H,26,29)(H,27,30). The van der Waals surface area contributed by atoms with Gasteiger partial charge in [-0.25, -0.2) is 4.98 Å². The summed E-state index contributed by atoms with van der Waals surface area (Å²) < 4.78 is 1.19. The van der Waals surface area contributed by atoms with E-state index in [1.54, 1.807) is 12.1 Å². The van der Waals surface area contributed by atoms with Crippen LogP contribution in [0.25, 0.3) is 5.82 Å². The zero-order chi connectivity index (χ0) is 21.8. The fraction of sp³-hybridized carbons (Fsp3) is 0.304. The molecular formula is C23H25N5O3. The summed E-state index contributed by atoms with van der Waals surface area (Å²) in [5, 5.41) is 8.07. The minimum absolute atomic E-state index is 0.132. The second kappa shape index (κ2) is 8.99. The number of anilines is 2. The molecule has 1 aliphatic rings.